The maximum Gasteiger partial charge on any atom is 0.178 e. The first-order chi connectivity index (χ1) is 11.0. The average molecular weight is 340 g/mol. The first kappa shape index (κ1) is 18.4. The van der Waals surface area contributed by atoms with E-state index in [9.17, 15) is 13.5 Å². The smallest absolute Gasteiger partial charge is 0.178 e. The number of aliphatic hydroxyl groups is 1. The van der Waals surface area contributed by atoms with Crippen molar-refractivity contribution in [2.75, 3.05) is 12.3 Å². The van der Waals surface area contributed by atoms with Gasteiger partial charge in [0, 0.05) is 0 Å². The Balaban J connectivity index is 1.94. The lowest BCUT2D eigenvalue weighted by molar-refractivity contribution is 0.170. The summed E-state index contributed by atoms with van der Waals surface area (Å²) in [4.78, 5) is 0.315. The second kappa shape index (κ2) is 8.81. The fourth-order valence-electron chi connectivity index (χ4n) is 3.40. The van der Waals surface area contributed by atoms with Crippen LogP contribution in [0.1, 0.15) is 63.0 Å². The Morgan fingerprint density at radius 1 is 1.22 bits per heavy atom. The van der Waals surface area contributed by atoms with E-state index in [1.165, 1.54) is 32.1 Å². The molecule has 0 amide bonds. The van der Waals surface area contributed by atoms with Crippen molar-refractivity contribution in [1.82, 2.24) is 0 Å². The summed E-state index contributed by atoms with van der Waals surface area (Å²) in [6.07, 6.45) is 7.88. The molecular weight excluding hydrogens is 310 g/mol. The molecule has 1 saturated carbocycles. The molecule has 4 nitrogen and oxygen atoms in total. The fourth-order valence-corrected chi connectivity index (χ4v) is 4.78. The van der Waals surface area contributed by atoms with Gasteiger partial charge in [0.05, 0.1) is 16.8 Å². The molecule has 1 atom stereocenters. The van der Waals surface area contributed by atoms with E-state index < -0.39 is 15.9 Å². The third-order valence-electron chi connectivity index (χ3n) is 4.79. The number of hydrogen-bond acceptors (Lipinski definition) is 4. The molecule has 3 N–H and O–H groups in total. The van der Waals surface area contributed by atoms with Gasteiger partial charge in [0.2, 0.25) is 0 Å². The van der Waals surface area contributed by atoms with Crippen molar-refractivity contribution < 1.29 is 13.5 Å². The number of sulfone groups is 1. The minimum Gasteiger partial charge on any atom is -0.388 e. The normalized spacial score (nSPS) is 18.0. The van der Waals surface area contributed by atoms with Gasteiger partial charge < -0.3 is 10.8 Å². The second-order valence-corrected chi connectivity index (χ2v) is 8.74. The predicted molar refractivity (Wildman–Crippen MR) is 92.9 cm³/mol. The molecule has 1 fully saturated rings. The molecular formula is C18H29NO3S. The average Bonchev–Trinajstić information content (AvgIpc) is 2.56. The van der Waals surface area contributed by atoms with Gasteiger partial charge in [-0.25, -0.2) is 8.42 Å². The minimum atomic E-state index is -3.27. The van der Waals surface area contributed by atoms with Crippen LogP contribution in [0.5, 0.6) is 0 Å². The first-order valence-electron chi connectivity index (χ1n) is 8.74. The van der Waals surface area contributed by atoms with E-state index in [1.54, 1.807) is 24.3 Å². The van der Waals surface area contributed by atoms with E-state index in [4.69, 9.17) is 5.73 Å². The molecule has 1 aliphatic rings. The largest absolute Gasteiger partial charge is 0.388 e. The van der Waals surface area contributed by atoms with Crippen LogP contribution in [-0.4, -0.2) is 25.8 Å². The van der Waals surface area contributed by atoms with Crippen molar-refractivity contribution in [3.8, 4) is 0 Å². The van der Waals surface area contributed by atoms with Gasteiger partial charge in [-0.05, 0) is 49.4 Å². The van der Waals surface area contributed by atoms with Crippen molar-refractivity contribution in [3.63, 3.8) is 0 Å². The molecule has 0 heterocycles. The fraction of sp³-hybridized carbons (Fsp3) is 0.667. The molecule has 2 rings (SSSR count). The van der Waals surface area contributed by atoms with Gasteiger partial charge >= 0.3 is 0 Å². The molecule has 0 radical (unpaired) electrons. The highest BCUT2D eigenvalue weighted by Crippen LogP contribution is 2.28. The molecule has 0 bridgehead atoms. The molecule has 1 aliphatic carbocycles. The number of benzene rings is 1. The summed E-state index contributed by atoms with van der Waals surface area (Å²) in [5.41, 5.74) is 6.08. The number of nitrogens with two attached hydrogens (primary N) is 1. The van der Waals surface area contributed by atoms with Gasteiger partial charge in [0.15, 0.2) is 9.84 Å². The van der Waals surface area contributed by atoms with Crippen molar-refractivity contribution in [1.29, 1.82) is 0 Å². The molecule has 0 aliphatic heterocycles. The number of hydrogen-bond donors (Lipinski definition) is 2. The van der Waals surface area contributed by atoms with Crippen LogP contribution in [0.3, 0.4) is 0 Å². The van der Waals surface area contributed by atoms with Crippen LogP contribution in [0.25, 0.3) is 0 Å². The van der Waals surface area contributed by atoms with Crippen LogP contribution in [0.15, 0.2) is 29.2 Å². The van der Waals surface area contributed by atoms with E-state index >= 15 is 0 Å². The zero-order valence-corrected chi connectivity index (χ0v) is 14.6. The summed E-state index contributed by atoms with van der Waals surface area (Å²) in [7, 11) is -3.27. The summed E-state index contributed by atoms with van der Waals surface area (Å²) in [5, 5.41) is 9.98. The molecule has 1 aromatic carbocycles. The zero-order chi connectivity index (χ0) is 16.7. The maximum absolute atomic E-state index is 12.5. The zero-order valence-electron chi connectivity index (χ0n) is 13.8. The highest BCUT2D eigenvalue weighted by atomic mass is 32.2. The maximum atomic E-state index is 12.5. The Morgan fingerprint density at radius 3 is 2.65 bits per heavy atom. The minimum absolute atomic E-state index is 0.194. The molecule has 1 aromatic rings. The topological polar surface area (TPSA) is 80.4 Å². The van der Waals surface area contributed by atoms with E-state index in [0.29, 0.717) is 29.3 Å². The van der Waals surface area contributed by atoms with Crippen molar-refractivity contribution in [2.45, 2.75) is 62.4 Å². The van der Waals surface area contributed by atoms with Gasteiger partial charge in [-0.1, -0.05) is 44.2 Å². The second-order valence-electron chi connectivity index (χ2n) is 6.63. The molecule has 1 unspecified atom stereocenters. The van der Waals surface area contributed by atoms with E-state index in [-0.39, 0.29) is 5.75 Å². The third-order valence-corrected chi connectivity index (χ3v) is 6.59. The summed E-state index contributed by atoms with van der Waals surface area (Å²) < 4.78 is 25.0. The summed E-state index contributed by atoms with van der Waals surface area (Å²) in [5.74, 6) is 0.900. The van der Waals surface area contributed by atoms with Crippen LogP contribution in [-0.2, 0) is 9.84 Å². The van der Waals surface area contributed by atoms with Crippen molar-refractivity contribution >= 4 is 9.84 Å². The lowest BCUT2D eigenvalue weighted by Gasteiger charge is -2.21. The van der Waals surface area contributed by atoms with Gasteiger partial charge in [-0.3, -0.25) is 0 Å². The van der Waals surface area contributed by atoms with Gasteiger partial charge in [0.1, 0.15) is 0 Å². The molecule has 130 valence electrons. The van der Waals surface area contributed by atoms with Crippen molar-refractivity contribution in [2.24, 2.45) is 11.7 Å². The van der Waals surface area contributed by atoms with Gasteiger partial charge in [-0.2, -0.15) is 0 Å². The lowest BCUT2D eigenvalue weighted by Crippen LogP contribution is -2.12. The first-order valence-corrected chi connectivity index (χ1v) is 10.4. The summed E-state index contributed by atoms with van der Waals surface area (Å²) in [6.45, 7) is 0.375. The van der Waals surface area contributed by atoms with Gasteiger partial charge in [-0.15, -0.1) is 0 Å². The van der Waals surface area contributed by atoms with Gasteiger partial charge in [0.25, 0.3) is 0 Å². The number of aliphatic hydroxyl groups excluding tert-OH is 1. The molecule has 5 heteroatoms. The standard InChI is InChI=1S/C18H29NO3S/c19-12-11-18(20)16-9-4-10-17(14-16)23(21,22)13-5-8-15-6-2-1-3-7-15/h4,9-10,14-15,18,20H,1-3,5-8,11-13,19H2. The Hall–Kier alpha value is -0.910. The van der Waals surface area contributed by atoms with Crippen LogP contribution in [0.4, 0.5) is 0 Å². The van der Waals surface area contributed by atoms with Crippen molar-refractivity contribution in [3.05, 3.63) is 29.8 Å². The van der Waals surface area contributed by atoms with E-state index in [1.807, 2.05) is 0 Å². The Morgan fingerprint density at radius 2 is 1.96 bits per heavy atom. The molecule has 0 saturated heterocycles. The monoisotopic (exact) mass is 339 g/mol. The van der Waals surface area contributed by atoms with Crippen LogP contribution < -0.4 is 5.73 Å². The SMILES string of the molecule is NCCC(O)c1cccc(S(=O)(=O)CCCC2CCCCC2)c1. The Labute approximate surface area is 140 Å². The van der Waals surface area contributed by atoms with Crippen LogP contribution >= 0.6 is 0 Å². The summed E-state index contributed by atoms with van der Waals surface area (Å²) >= 11 is 0. The van der Waals surface area contributed by atoms with E-state index in [0.717, 1.165) is 12.8 Å². The Bertz CT molecular complexity index is 580. The molecule has 0 spiro atoms. The quantitative estimate of drug-likeness (QED) is 0.762. The third kappa shape index (κ3) is 5.59. The summed E-state index contributed by atoms with van der Waals surface area (Å²) in [6, 6.07) is 6.66. The van der Waals surface area contributed by atoms with Crippen LogP contribution in [0, 0.1) is 5.92 Å². The van der Waals surface area contributed by atoms with E-state index in [2.05, 4.69) is 0 Å². The van der Waals surface area contributed by atoms with Crippen LogP contribution in [0.2, 0.25) is 0 Å². The number of rotatable bonds is 8. The lowest BCUT2D eigenvalue weighted by atomic mass is 9.86. The Kier molecular flexibility index (Phi) is 7.06. The molecule has 0 aromatic heterocycles. The predicted octanol–water partition coefficient (Wildman–Crippen LogP) is 3.20. The highest BCUT2D eigenvalue weighted by Gasteiger charge is 2.18. The highest BCUT2D eigenvalue weighted by molar-refractivity contribution is 7.91. The molecule has 23 heavy (non-hydrogen) atoms.